The third kappa shape index (κ3) is 3.03. The van der Waals surface area contributed by atoms with Gasteiger partial charge in [0.05, 0.1) is 16.3 Å². The highest BCUT2D eigenvalue weighted by molar-refractivity contribution is 7.89. The fraction of sp³-hybridized carbons (Fsp3) is 0.375. The topological polar surface area (TPSA) is 63.2 Å². The summed E-state index contributed by atoms with van der Waals surface area (Å²) in [6.45, 7) is 2.93. The van der Waals surface area contributed by atoms with Crippen LogP contribution in [0.5, 0.6) is 0 Å². The van der Waals surface area contributed by atoms with Crippen LogP contribution in [-0.2, 0) is 10.0 Å². The fourth-order valence-corrected chi connectivity index (χ4v) is 4.37. The highest BCUT2D eigenvalue weighted by atomic mass is 32.2. The van der Waals surface area contributed by atoms with Crippen LogP contribution in [0.1, 0.15) is 30.1 Å². The summed E-state index contributed by atoms with van der Waals surface area (Å²) in [5.41, 5.74) is 1.74. The van der Waals surface area contributed by atoms with Gasteiger partial charge in [0.1, 0.15) is 0 Å². The Bertz CT molecular complexity index is 747. The van der Waals surface area contributed by atoms with Crippen molar-refractivity contribution >= 4 is 10.0 Å². The molecule has 3 rings (SSSR count). The molecule has 1 unspecified atom stereocenters. The maximum atomic E-state index is 12.7. The maximum absolute atomic E-state index is 12.7. The molecule has 1 aromatic carbocycles. The van der Waals surface area contributed by atoms with E-state index in [1.807, 2.05) is 13.0 Å². The first-order chi connectivity index (χ1) is 10.6. The molecule has 1 fully saturated rings. The lowest BCUT2D eigenvalue weighted by atomic mass is 9.96. The van der Waals surface area contributed by atoms with Crippen molar-refractivity contribution in [1.29, 1.82) is 0 Å². The van der Waals surface area contributed by atoms with E-state index in [2.05, 4.69) is 9.97 Å². The van der Waals surface area contributed by atoms with E-state index in [1.54, 1.807) is 41.0 Å². The average Bonchev–Trinajstić information content (AvgIpc) is 2.56. The first kappa shape index (κ1) is 15.1. The number of nitrogens with zero attached hydrogens (tertiary/aromatic N) is 3. The number of piperidine rings is 1. The number of benzene rings is 1. The maximum Gasteiger partial charge on any atom is 0.243 e. The van der Waals surface area contributed by atoms with Crippen LogP contribution in [0.25, 0.3) is 0 Å². The zero-order valence-electron chi connectivity index (χ0n) is 12.5. The van der Waals surface area contributed by atoms with Gasteiger partial charge in [-0.25, -0.2) is 8.42 Å². The van der Waals surface area contributed by atoms with Crippen molar-refractivity contribution in [3.05, 3.63) is 54.1 Å². The monoisotopic (exact) mass is 317 g/mol. The van der Waals surface area contributed by atoms with Crippen LogP contribution < -0.4 is 0 Å². The highest BCUT2D eigenvalue weighted by Crippen LogP contribution is 2.29. The predicted molar refractivity (Wildman–Crippen MR) is 83.9 cm³/mol. The van der Waals surface area contributed by atoms with E-state index < -0.39 is 10.0 Å². The lowest BCUT2D eigenvalue weighted by molar-refractivity contribution is 0.312. The molecule has 22 heavy (non-hydrogen) atoms. The Hall–Kier alpha value is -1.79. The minimum Gasteiger partial charge on any atom is -0.261 e. The third-order valence-electron chi connectivity index (χ3n) is 3.96. The van der Waals surface area contributed by atoms with Gasteiger partial charge in [-0.15, -0.1) is 0 Å². The molecule has 0 radical (unpaired) electrons. The van der Waals surface area contributed by atoms with E-state index in [4.69, 9.17) is 0 Å². The van der Waals surface area contributed by atoms with Crippen LogP contribution in [0.4, 0.5) is 0 Å². The summed E-state index contributed by atoms with van der Waals surface area (Å²) in [6, 6.07) is 8.61. The summed E-state index contributed by atoms with van der Waals surface area (Å²) in [4.78, 5) is 9.03. The molecule has 0 spiro atoms. The van der Waals surface area contributed by atoms with Gasteiger partial charge in [0.15, 0.2) is 0 Å². The van der Waals surface area contributed by atoms with Gasteiger partial charge in [0.25, 0.3) is 0 Å². The van der Waals surface area contributed by atoms with E-state index in [0.29, 0.717) is 18.0 Å². The van der Waals surface area contributed by atoms with E-state index in [-0.39, 0.29) is 5.92 Å². The third-order valence-corrected chi connectivity index (χ3v) is 5.84. The largest absolute Gasteiger partial charge is 0.261 e. The van der Waals surface area contributed by atoms with Crippen LogP contribution >= 0.6 is 0 Å². The first-order valence-electron chi connectivity index (χ1n) is 7.41. The minimum absolute atomic E-state index is 0.111. The van der Waals surface area contributed by atoms with Gasteiger partial charge in [-0.2, -0.15) is 4.31 Å². The van der Waals surface area contributed by atoms with Gasteiger partial charge < -0.3 is 0 Å². The van der Waals surface area contributed by atoms with Crippen molar-refractivity contribution in [2.45, 2.75) is 30.6 Å². The molecule has 2 aromatic rings. The van der Waals surface area contributed by atoms with Gasteiger partial charge in [-0.05, 0) is 31.9 Å². The Labute approximate surface area is 131 Å². The van der Waals surface area contributed by atoms with Crippen molar-refractivity contribution in [3.63, 3.8) is 0 Å². The summed E-state index contributed by atoms with van der Waals surface area (Å²) in [5.74, 6) is 0.111. The quantitative estimate of drug-likeness (QED) is 0.872. The van der Waals surface area contributed by atoms with Gasteiger partial charge in [0.2, 0.25) is 10.0 Å². The summed E-state index contributed by atoms with van der Waals surface area (Å²) in [7, 11) is -3.43. The Balaban J connectivity index is 1.84. The molecule has 0 saturated carbocycles. The Morgan fingerprint density at radius 2 is 1.95 bits per heavy atom. The summed E-state index contributed by atoms with van der Waals surface area (Å²) in [6.07, 6.45) is 5.24. The molecule has 1 atom stereocenters. The van der Waals surface area contributed by atoms with Crippen LogP contribution in [0.2, 0.25) is 0 Å². The Morgan fingerprint density at radius 1 is 1.18 bits per heavy atom. The molecule has 1 aromatic heterocycles. The molecule has 0 bridgehead atoms. The molecular weight excluding hydrogens is 298 g/mol. The molecule has 5 nitrogen and oxygen atoms in total. The zero-order valence-corrected chi connectivity index (χ0v) is 13.3. The van der Waals surface area contributed by atoms with E-state index in [9.17, 15) is 8.42 Å². The normalized spacial score (nSPS) is 20.0. The molecule has 1 aliphatic rings. The second-order valence-corrected chi connectivity index (χ2v) is 7.54. The standard InChI is InChI=1S/C16H19N3O2S/c1-13-10-17-11-16(18-13)14-6-5-9-19(12-14)22(20,21)15-7-3-2-4-8-15/h2-4,7-8,10-11,14H,5-6,9,12H2,1H3. The van der Waals surface area contributed by atoms with Gasteiger partial charge in [-0.3, -0.25) is 9.97 Å². The van der Waals surface area contributed by atoms with Crippen molar-refractivity contribution < 1.29 is 8.42 Å². The summed E-state index contributed by atoms with van der Waals surface area (Å²) >= 11 is 0. The molecule has 0 N–H and O–H groups in total. The SMILES string of the molecule is Cc1cncc(C2CCCN(S(=O)(=O)c3ccccc3)C2)n1. The minimum atomic E-state index is -3.43. The molecule has 1 saturated heterocycles. The average molecular weight is 317 g/mol. The number of aromatic nitrogens is 2. The van der Waals surface area contributed by atoms with Gasteiger partial charge in [-0.1, -0.05) is 18.2 Å². The lowest BCUT2D eigenvalue weighted by Crippen LogP contribution is -2.39. The van der Waals surface area contributed by atoms with Gasteiger partial charge >= 0.3 is 0 Å². The number of hydrogen-bond donors (Lipinski definition) is 0. The second-order valence-electron chi connectivity index (χ2n) is 5.60. The van der Waals surface area contributed by atoms with Crippen LogP contribution in [-0.4, -0.2) is 35.8 Å². The molecule has 2 heterocycles. The Morgan fingerprint density at radius 3 is 2.68 bits per heavy atom. The molecule has 1 aliphatic heterocycles. The predicted octanol–water partition coefficient (Wildman–Crippen LogP) is 2.35. The van der Waals surface area contributed by atoms with E-state index in [0.717, 1.165) is 24.2 Å². The van der Waals surface area contributed by atoms with Crippen LogP contribution in [0, 0.1) is 6.92 Å². The van der Waals surface area contributed by atoms with Gasteiger partial charge in [0, 0.05) is 31.4 Å². The fourth-order valence-electron chi connectivity index (χ4n) is 2.82. The first-order valence-corrected chi connectivity index (χ1v) is 8.85. The molecule has 6 heteroatoms. The summed E-state index contributed by atoms with van der Waals surface area (Å²) in [5, 5.41) is 0. The molecule has 116 valence electrons. The molecule has 0 aliphatic carbocycles. The van der Waals surface area contributed by atoms with E-state index in [1.165, 1.54) is 0 Å². The number of aryl methyl sites for hydroxylation is 1. The summed E-state index contributed by atoms with van der Waals surface area (Å²) < 4.78 is 27.0. The van der Waals surface area contributed by atoms with E-state index >= 15 is 0 Å². The molecule has 0 amide bonds. The van der Waals surface area contributed by atoms with Crippen molar-refractivity contribution in [2.24, 2.45) is 0 Å². The highest BCUT2D eigenvalue weighted by Gasteiger charge is 2.31. The number of rotatable bonds is 3. The lowest BCUT2D eigenvalue weighted by Gasteiger charge is -2.31. The second kappa shape index (κ2) is 6.14. The van der Waals surface area contributed by atoms with Crippen molar-refractivity contribution in [1.82, 2.24) is 14.3 Å². The Kier molecular flexibility index (Phi) is 4.22. The van der Waals surface area contributed by atoms with Crippen LogP contribution in [0.15, 0.2) is 47.6 Å². The number of sulfonamides is 1. The number of hydrogen-bond acceptors (Lipinski definition) is 4. The smallest absolute Gasteiger partial charge is 0.243 e. The van der Waals surface area contributed by atoms with Crippen molar-refractivity contribution in [2.75, 3.05) is 13.1 Å². The van der Waals surface area contributed by atoms with Crippen LogP contribution in [0.3, 0.4) is 0 Å². The van der Waals surface area contributed by atoms with Crippen molar-refractivity contribution in [3.8, 4) is 0 Å². The molecular formula is C16H19N3O2S. The zero-order chi connectivity index (χ0) is 15.6.